The quantitative estimate of drug-likeness (QED) is 0.593. The van der Waals surface area contributed by atoms with Crippen molar-refractivity contribution >= 4 is 37.8 Å². The maximum absolute atomic E-state index is 12.9. The third kappa shape index (κ3) is 5.60. The number of nitrogens with one attached hydrogen (secondary N) is 2. The van der Waals surface area contributed by atoms with Crippen molar-refractivity contribution in [3.63, 3.8) is 0 Å². The number of hydrogen-bond acceptors (Lipinski definition) is 6. The van der Waals surface area contributed by atoms with Crippen molar-refractivity contribution < 1.29 is 12.8 Å². The molecule has 2 N–H and O–H groups in total. The van der Waals surface area contributed by atoms with Crippen LogP contribution >= 0.6 is 22.7 Å². The highest BCUT2D eigenvalue weighted by molar-refractivity contribution is 7.88. The number of halogens is 1. The zero-order chi connectivity index (χ0) is 18.6. The largest absolute Gasteiger partial charge is 0.357 e. The highest BCUT2D eigenvalue weighted by Gasteiger charge is 2.08. The molecule has 26 heavy (non-hydrogen) atoms. The zero-order valence-corrected chi connectivity index (χ0v) is 16.5. The molecule has 138 valence electrons. The maximum Gasteiger partial charge on any atom is 0.208 e. The molecule has 0 bridgehead atoms. The SMILES string of the molecule is CS(=O)(=O)NCCc1ccc(-c2csc(NCc3ccc(F)cc3)n2)s1. The van der Waals surface area contributed by atoms with E-state index in [-0.39, 0.29) is 5.82 Å². The van der Waals surface area contributed by atoms with Gasteiger partial charge in [-0.25, -0.2) is 22.5 Å². The van der Waals surface area contributed by atoms with E-state index in [0.29, 0.717) is 19.5 Å². The normalized spacial score (nSPS) is 11.6. The second kappa shape index (κ2) is 8.26. The number of anilines is 1. The van der Waals surface area contributed by atoms with E-state index in [1.807, 2.05) is 17.5 Å². The summed E-state index contributed by atoms with van der Waals surface area (Å²) in [6, 6.07) is 10.4. The molecule has 0 amide bonds. The molecule has 0 unspecified atom stereocenters. The fourth-order valence-corrected chi connectivity index (χ4v) is 4.48. The molecule has 2 aromatic heterocycles. The van der Waals surface area contributed by atoms with Crippen LogP contribution < -0.4 is 10.0 Å². The van der Waals surface area contributed by atoms with E-state index in [1.54, 1.807) is 23.5 Å². The van der Waals surface area contributed by atoms with Gasteiger partial charge in [0.2, 0.25) is 10.0 Å². The predicted molar refractivity (Wildman–Crippen MR) is 106 cm³/mol. The molecule has 3 rings (SSSR count). The van der Waals surface area contributed by atoms with Crippen LogP contribution in [0.3, 0.4) is 0 Å². The van der Waals surface area contributed by atoms with Gasteiger partial charge < -0.3 is 5.32 Å². The Labute approximate surface area is 160 Å². The Morgan fingerprint density at radius 1 is 1.15 bits per heavy atom. The molecule has 0 aliphatic carbocycles. The number of nitrogens with zero attached hydrogens (tertiary/aromatic N) is 1. The summed E-state index contributed by atoms with van der Waals surface area (Å²) < 4.78 is 37.6. The average molecular weight is 412 g/mol. The van der Waals surface area contributed by atoms with Crippen LogP contribution in [0.5, 0.6) is 0 Å². The minimum Gasteiger partial charge on any atom is -0.357 e. The van der Waals surface area contributed by atoms with E-state index in [0.717, 1.165) is 32.4 Å². The molecule has 0 aliphatic heterocycles. The monoisotopic (exact) mass is 411 g/mol. The molecule has 1 aromatic carbocycles. The van der Waals surface area contributed by atoms with Gasteiger partial charge in [-0.05, 0) is 36.2 Å². The summed E-state index contributed by atoms with van der Waals surface area (Å²) in [5, 5.41) is 6.03. The zero-order valence-electron chi connectivity index (χ0n) is 14.0. The standard InChI is InChI=1S/C17H18FN3O2S3/c1-26(22,23)20-9-8-14-6-7-16(25-14)15-11-24-17(21-15)19-10-12-2-4-13(18)5-3-12/h2-7,11,20H,8-10H2,1H3,(H,19,21). The number of hydrogen-bond donors (Lipinski definition) is 2. The number of thiazole rings is 1. The predicted octanol–water partition coefficient (Wildman–Crippen LogP) is 3.71. The van der Waals surface area contributed by atoms with Gasteiger partial charge in [0.15, 0.2) is 5.13 Å². The lowest BCUT2D eigenvalue weighted by Crippen LogP contribution is -2.23. The van der Waals surface area contributed by atoms with Crippen LogP contribution in [0.25, 0.3) is 10.6 Å². The van der Waals surface area contributed by atoms with Gasteiger partial charge in [-0.3, -0.25) is 0 Å². The fraction of sp³-hybridized carbons (Fsp3) is 0.235. The van der Waals surface area contributed by atoms with E-state index in [9.17, 15) is 12.8 Å². The van der Waals surface area contributed by atoms with Crippen LogP contribution in [-0.4, -0.2) is 26.2 Å². The van der Waals surface area contributed by atoms with Gasteiger partial charge in [-0.15, -0.1) is 22.7 Å². The number of rotatable bonds is 8. The lowest BCUT2D eigenvalue weighted by molar-refractivity contribution is 0.588. The Bertz CT molecular complexity index is 965. The van der Waals surface area contributed by atoms with Crippen molar-refractivity contribution in [2.24, 2.45) is 0 Å². The molecule has 0 atom stereocenters. The smallest absolute Gasteiger partial charge is 0.208 e. The topological polar surface area (TPSA) is 71.1 Å². The number of thiophene rings is 1. The summed E-state index contributed by atoms with van der Waals surface area (Å²) >= 11 is 3.12. The molecule has 2 heterocycles. The fourth-order valence-electron chi connectivity index (χ4n) is 2.26. The maximum atomic E-state index is 12.9. The molecular formula is C17H18FN3O2S3. The molecule has 0 aliphatic rings. The summed E-state index contributed by atoms with van der Waals surface area (Å²) in [6.45, 7) is 0.973. The summed E-state index contributed by atoms with van der Waals surface area (Å²) in [7, 11) is -3.15. The molecule has 0 saturated heterocycles. The highest BCUT2D eigenvalue weighted by atomic mass is 32.2. The molecule has 3 aromatic rings. The Morgan fingerprint density at radius 3 is 2.65 bits per heavy atom. The molecule has 0 fully saturated rings. The van der Waals surface area contributed by atoms with Crippen molar-refractivity contribution in [3.8, 4) is 10.6 Å². The van der Waals surface area contributed by atoms with Gasteiger partial charge in [0, 0.05) is 23.3 Å². The van der Waals surface area contributed by atoms with Crippen LogP contribution in [0.2, 0.25) is 0 Å². The average Bonchev–Trinajstić information content (AvgIpc) is 3.22. The van der Waals surface area contributed by atoms with Gasteiger partial charge in [0.25, 0.3) is 0 Å². The summed E-state index contributed by atoms with van der Waals surface area (Å²) in [5.74, 6) is -0.245. The third-order valence-corrected chi connectivity index (χ3v) is 6.21. The van der Waals surface area contributed by atoms with Crippen molar-refractivity contribution in [3.05, 3.63) is 58.0 Å². The lowest BCUT2D eigenvalue weighted by Gasteiger charge is -2.02. The first kappa shape index (κ1) is 19.0. The van der Waals surface area contributed by atoms with Crippen LogP contribution in [0.15, 0.2) is 41.8 Å². The van der Waals surface area contributed by atoms with Crippen LogP contribution in [0, 0.1) is 5.82 Å². The first-order valence-corrected chi connectivity index (χ1v) is 11.5. The molecule has 5 nitrogen and oxygen atoms in total. The first-order valence-electron chi connectivity index (χ1n) is 7.86. The van der Waals surface area contributed by atoms with Crippen LogP contribution in [-0.2, 0) is 23.0 Å². The van der Waals surface area contributed by atoms with Gasteiger partial charge >= 0.3 is 0 Å². The number of benzene rings is 1. The molecule has 0 radical (unpaired) electrons. The van der Waals surface area contributed by atoms with Gasteiger partial charge in [0.1, 0.15) is 5.82 Å². The van der Waals surface area contributed by atoms with E-state index in [2.05, 4.69) is 15.0 Å². The number of sulfonamides is 1. The third-order valence-electron chi connectivity index (χ3n) is 3.51. The second-order valence-corrected chi connectivity index (χ2v) is 9.56. The summed E-state index contributed by atoms with van der Waals surface area (Å²) in [4.78, 5) is 6.73. The van der Waals surface area contributed by atoms with E-state index >= 15 is 0 Å². The van der Waals surface area contributed by atoms with Crippen LogP contribution in [0.1, 0.15) is 10.4 Å². The first-order chi connectivity index (χ1) is 12.4. The number of aromatic nitrogens is 1. The van der Waals surface area contributed by atoms with Crippen LogP contribution in [0.4, 0.5) is 9.52 Å². The van der Waals surface area contributed by atoms with E-state index in [4.69, 9.17) is 0 Å². The van der Waals surface area contributed by atoms with Crippen molar-refractivity contribution in [1.82, 2.24) is 9.71 Å². The summed E-state index contributed by atoms with van der Waals surface area (Å²) in [6.07, 6.45) is 1.81. The lowest BCUT2D eigenvalue weighted by atomic mass is 10.2. The van der Waals surface area contributed by atoms with Gasteiger partial charge in [-0.1, -0.05) is 12.1 Å². The van der Waals surface area contributed by atoms with E-state index in [1.165, 1.54) is 23.5 Å². The molecule has 9 heteroatoms. The van der Waals surface area contributed by atoms with Gasteiger partial charge in [0.05, 0.1) is 16.8 Å². The Balaban J connectivity index is 1.56. The Kier molecular flexibility index (Phi) is 6.02. The van der Waals surface area contributed by atoms with Crippen molar-refractivity contribution in [2.75, 3.05) is 18.1 Å². The minimum absolute atomic E-state index is 0.245. The van der Waals surface area contributed by atoms with E-state index < -0.39 is 10.0 Å². The van der Waals surface area contributed by atoms with Crippen molar-refractivity contribution in [2.45, 2.75) is 13.0 Å². The molecule has 0 saturated carbocycles. The minimum atomic E-state index is -3.15. The molecule has 0 spiro atoms. The highest BCUT2D eigenvalue weighted by Crippen LogP contribution is 2.31. The second-order valence-electron chi connectivity index (χ2n) is 5.70. The summed E-state index contributed by atoms with van der Waals surface area (Å²) in [5.41, 5.74) is 1.88. The van der Waals surface area contributed by atoms with Crippen molar-refractivity contribution in [1.29, 1.82) is 0 Å². The Morgan fingerprint density at radius 2 is 1.92 bits per heavy atom. The Hall–Kier alpha value is -1.81. The van der Waals surface area contributed by atoms with Gasteiger partial charge in [-0.2, -0.15) is 0 Å². The molecular weight excluding hydrogens is 393 g/mol.